The second-order valence-corrected chi connectivity index (χ2v) is 4.85. The third-order valence-electron chi connectivity index (χ3n) is 1.87. The molecule has 1 aromatic carbocycles. The molecule has 0 aliphatic rings. The van der Waals surface area contributed by atoms with E-state index >= 15 is 0 Å². The predicted molar refractivity (Wildman–Crippen MR) is 63.4 cm³/mol. The highest BCUT2D eigenvalue weighted by Gasteiger charge is 2.14. The second kappa shape index (κ2) is 5.52. The summed E-state index contributed by atoms with van der Waals surface area (Å²) in [7, 11) is 0. The molecule has 0 radical (unpaired) electrons. The van der Waals surface area contributed by atoms with Gasteiger partial charge in [-0.05, 0) is 18.1 Å². The van der Waals surface area contributed by atoms with Gasteiger partial charge in [-0.2, -0.15) is 5.26 Å². The number of hydrogen-bond donors (Lipinski definition) is 0. The van der Waals surface area contributed by atoms with Gasteiger partial charge < -0.3 is 0 Å². The zero-order valence-corrected chi connectivity index (χ0v) is 9.95. The lowest BCUT2D eigenvalue weighted by atomic mass is 10.2. The summed E-state index contributed by atoms with van der Waals surface area (Å²) in [6.07, 6.45) is 0. The van der Waals surface area contributed by atoms with Crippen molar-refractivity contribution in [1.82, 2.24) is 0 Å². The Morgan fingerprint density at radius 3 is 2.75 bits per heavy atom. The van der Waals surface area contributed by atoms with Gasteiger partial charge in [0, 0.05) is 16.7 Å². The largest absolute Gasteiger partial charge is 0.288 e. The van der Waals surface area contributed by atoms with Gasteiger partial charge in [0.2, 0.25) is 0 Å². The zero-order chi connectivity index (χ0) is 12.1. The van der Waals surface area contributed by atoms with E-state index < -0.39 is 4.92 Å². The summed E-state index contributed by atoms with van der Waals surface area (Å²) < 4.78 is 0. The van der Waals surface area contributed by atoms with Crippen LogP contribution >= 0.6 is 11.8 Å². The summed E-state index contributed by atoms with van der Waals surface area (Å²) in [6.45, 7) is 4.18. The molecule has 0 aromatic heterocycles. The molecule has 0 spiro atoms. The molecule has 0 atom stereocenters. The lowest BCUT2D eigenvalue weighted by Crippen LogP contribution is -1.94. The monoisotopic (exact) mass is 236 g/mol. The van der Waals surface area contributed by atoms with Gasteiger partial charge in [0.1, 0.15) is 11.6 Å². The van der Waals surface area contributed by atoms with Crippen molar-refractivity contribution in [2.75, 3.05) is 5.75 Å². The summed E-state index contributed by atoms with van der Waals surface area (Å²) >= 11 is 1.57. The maximum absolute atomic E-state index is 10.7. The van der Waals surface area contributed by atoms with Crippen LogP contribution in [-0.2, 0) is 0 Å². The number of nitro groups is 1. The first kappa shape index (κ1) is 12.5. The van der Waals surface area contributed by atoms with Gasteiger partial charge >= 0.3 is 0 Å². The first-order valence-corrected chi connectivity index (χ1v) is 5.84. The van der Waals surface area contributed by atoms with Crippen LogP contribution in [0.4, 0.5) is 5.69 Å². The number of nitro benzene ring substituents is 1. The maximum atomic E-state index is 10.7. The van der Waals surface area contributed by atoms with Gasteiger partial charge in [0.25, 0.3) is 5.69 Å². The maximum Gasteiger partial charge on any atom is 0.288 e. The Labute approximate surface area is 98.4 Å². The topological polar surface area (TPSA) is 66.9 Å². The molecule has 84 valence electrons. The second-order valence-electron chi connectivity index (χ2n) is 3.75. The van der Waals surface area contributed by atoms with Crippen LogP contribution in [0.25, 0.3) is 0 Å². The summed E-state index contributed by atoms with van der Waals surface area (Å²) in [5, 5.41) is 19.4. The molecule has 0 heterocycles. The zero-order valence-electron chi connectivity index (χ0n) is 9.14. The van der Waals surface area contributed by atoms with E-state index in [-0.39, 0.29) is 11.3 Å². The van der Waals surface area contributed by atoms with Crippen LogP contribution in [0.1, 0.15) is 19.4 Å². The highest BCUT2D eigenvalue weighted by atomic mass is 32.2. The number of nitrogens with zero attached hydrogens (tertiary/aromatic N) is 2. The van der Waals surface area contributed by atoms with Crippen LogP contribution in [0, 0.1) is 27.4 Å². The van der Waals surface area contributed by atoms with Crippen LogP contribution in [0.2, 0.25) is 0 Å². The Kier molecular flexibility index (Phi) is 4.32. The Morgan fingerprint density at radius 2 is 2.25 bits per heavy atom. The minimum absolute atomic E-state index is 0.110. The predicted octanol–water partition coefficient (Wildman–Crippen LogP) is 3.21. The molecule has 0 unspecified atom stereocenters. The van der Waals surface area contributed by atoms with Gasteiger partial charge in [0.05, 0.1) is 4.92 Å². The van der Waals surface area contributed by atoms with E-state index in [1.807, 2.05) is 6.07 Å². The fraction of sp³-hybridized carbons (Fsp3) is 0.364. The molecule has 0 bridgehead atoms. The Hall–Kier alpha value is -1.54. The van der Waals surface area contributed by atoms with Crippen LogP contribution in [0.15, 0.2) is 23.1 Å². The Balaban J connectivity index is 2.95. The normalized spacial score (nSPS) is 10.1. The Bertz CT molecular complexity index is 438. The summed E-state index contributed by atoms with van der Waals surface area (Å²) in [4.78, 5) is 11.0. The van der Waals surface area contributed by atoms with Crippen molar-refractivity contribution >= 4 is 17.4 Å². The highest BCUT2D eigenvalue weighted by Crippen LogP contribution is 2.27. The molecule has 0 aliphatic carbocycles. The molecule has 0 aliphatic heterocycles. The number of thioether (sulfide) groups is 1. The van der Waals surface area contributed by atoms with Crippen LogP contribution in [0.3, 0.4) is 0 Å². The van der Waals surface area contributed by atoms with E-state index in [2.05, 4.69) is 13.8 Å². The molecule has 0 amide bonds. The summed E-state index contributed by atoms with van der Waals surface area (Å²) in [5.41, 5.74) is -0.00449. The first-order chi connectivity index (χ1) is 7.54. The lowest BCUT2D eigenvalue weighted by molar-refractivity contribution is -0.385. The van der Waals surface area contributed by atoms with Crippen molar-refractivity contribution < 1.29 is 4.92 Å². The first-order valence-electron chi connectivity index (χ1n) is 4.86. The van der Waals surface area contributed by atoms with Crippen molar-refractivity contribution in [3.63, 3.8) is 0 Å². The molecule has 1 aromatic rings. The van der Waals surface area contributed by atoms with E-state index in [1.165, 1.54) is 12.1 Å². The van der Waals surface area contributed by atoms with Crippen molar-refractivity contribution in [3.8, 4) is 6.07 Å². The van der Waals surface area contributed by atoms with Crippen molar-refractivity contribution in [2.24, 2.45) is 5.92 Å². The number of rotatable bonds is 4. The smallest absolute Gasteiger partial charge is 0.258 e. The highest BCUT2D eigenvalue weighted by molar-refractivity contribution is 7.99. The van der Waals surface area contributed by atoms with Gasteiger partial charge in [-0.3, -0.25) is 10.1 Å². The molecule has 5 heteroatoms. The quantitative estimate of drug-likeness (QED) is 0.457. The average Bonchev–Trinajstić information content (AvgIpc) is 2.25. The van der Waals surface area contributed by atoms with E-state index in [0.29, 0.717) is 5.92 Å². The fourth-order valence-electron chi connectivity index (χ4n) is 1.11. The minimum atomic E-state index is -0.516. The molecule has 0 saturated heterocycles. The van der Waals surface area contributed by atoms with Crippen molar-refractivity contribution in [3.05, 3.63) is 33.9 Å². The number of nitriles is 1. The molecule has 1 rings (SSSR count). The molecule has 4 nitrogen and oxygen atoms in total. The van der Waals surface area contributed by atoms with Gasteiger partial charge in [0.15, 0.2) is 0 Å². The lowest BCUT2D eigenvalue weighted by Gasteiger charge is -2.04. The molecule has 0 fully saturated rings. The van der Waals surface area contributed by atoms with E-state index in [4.69, 9.17) is 5.26 Å². The van der Waals surface area contributed by atoms with E-state index in [1.54, 1.807) is 17.8 Å². The van der Waals surface area contributed by atoms with Gasteiger partial charge in [-0.15, -0.1) is 11.8 Å². The van der Waals surface area contributed by atoms with Gasteiger partial charge in [-0.1, -0.05) is 13.8 Å². The summed E-state index contributed by atoms with van der Waals surface area (Å²) in [6, 6.07) is 6.53. The molecule has 16 heavy (non-hydrogen) atoms. The molecular weight excluding hydrogens is 224 g/mol. The van der Waals surface area contributed by atoms with Crippen LogP contribution in [-0.4, -0.2) is 10.7 Å². The average molecular weight is 236 g/mol. The van der Waals surface area contributed by atoms with Crippen molar-refractivity contribution in [2.45, 2.75) is 18.7 Å². The van der Waals surface area contributed by atoms with Gasteiger partial charge in [-0.25, -0.2) is 0 Å². The van der Waals surface area contributed by atoms with Crippen LogP contribution < -0.4 is 0 Å². The van der Waals surface area contributed by atoms with Crippen LogP contribution in [0.5, 0.6) is 0 Å². The summed E-state index contributed by atoms with van der Waals surface area (Å²) in [5.74, 6) is 1.43. The SMILES string of the molecule is CC(C)CSc1ccc(C#N)c([N+](=O)[O-])c1. The number of benzene rings is 1. The molecular formula is C11H12N2O2S. The molecule has 0 saturated carbocycles. The minimum Gasteiger partial charge on any atom is -0.258 e. The van der Waals surface area contributed by atoms with Crippen molar-refractivity contribution in [1.29, 1.82) is 5.26 Å². The fourth-order valence-corrected chi connectivity index (χ4v) is 1.99. The van der Waals surface area contributed by atoms with E-state index in [9.17, 15) is 10.1 Å². The Morgan fingerprint density at radius 1 is 1.56 bits per heavy atom. The molecule has 0 N–H and O–H groups in total. The standard InChI is InChI=1S/C11H12N2O2S/c1-8(2)7-16-10-4-3-9(6-12)11(5-10)13(14)15/h3-5,8H,7H2,1-2H3. The third-order valence-corrected chi connectivity index (χ3v) is 3.29. The number of hydrogen-bond acceptors (Lipinski definition) is 4. The van der Waals surface area contributed by atoms with E-state index in [0.717, 1.165) is 10.6 Å². The third kappa shape index (κ3) is 3.24.